The molecule has 5 nitrogen and oxygen atoms in total. The van der Waals surface area contributed by atoms with E-state index in [1.54, 1.807) is 0 Å². The predicted octanol–water partition coefficient (Wildman–Crippen LogP) is 2.59. The Balaban J connectivity index is 2.25. The molecule has 2 aromatic rings. The first-order valence-corrected chi connectivity index (χ1v) is 6.29. The van der Waals surface area contributed by atoms with Gasteiger partial charge in [-0.15, -0.1) is 0 Å². The largest absolute Gasteiger partial charge is 0.351 e. The zero-order valence-corrected chi connectivity index (χ0v) is 10.2. The lowest BCUT2D eigenvalue weighted by molar-refractivity contribution is 0.111. The van der Waals surface area contributed by atoms with E-state index in [1.807, 2.05) is 0 Å². The number of benzene rings is 1. The third kappa shape index (κ3) is 1.71. The van der Waals surface area contributed by atoms with Crippen molar-refractivity contribution in [1.29, 1.82) is 0 Å². The summed E-state index contributed by atoms with van der Waals surface area (Å²) in [6, 6.07) is 1.13. The van der Waals surface area contributed by atoms with E-state index in [1.165, 1.54) is 4.90 Å². The number of nitrogens with zero attached hydrogens (tertiary/aromatic N) is 2. The zero-order chi connectivity index (χ0) is 13.6. The molecule has 1 saturated heterocycles. The van der Waals surface area contributed by atoms with Gasteiger partial charge in [-0.25, -0.2) is 4.39 Å². The van der Waals surface area contributed by atoms with Gasteiger partial charge in [0.1, 0.15) is 0 Å². The molecular weight excluding hydrogens is 278 g/mol. The van der Waals surface area contributed by atoms with Crippen LogP contribution in [-0.4, -0.2) is 29.0 Å². The number of hydrogen-bond donors (Lipinski definition) is 0. The van der Waals surface area contributed by atoms with E-state index in [4.69, 9.17) is 4.52 Å². The van der Waals surface area contributed by atoms with Gasteiger partial charge in [-0.2, -0.15) is 4.39 Å². The van der Waals surface area contributed by atoms with Crippen molar-refractivity contribution < 1.29 is 22.9 Å². The number of thioether (sulfide) groups is 1. The molecule has 19 heavy (non-hydrogen) atoms. The van der Waals surface area contributed by atoms with Crippen molar-refractivity contribution in [2.24, 2.45) is 0 Å². The molecule has 1 aliphatic heterocycles. The van der Waals surface area contributed by atoms with Crippen LogP contribution in [0.25, 0.3) is 11.0 Å². The molecular formula is C11H6F2N2O3S. The van der Waals surface area contributed by atoms with Gasteiger partial charge in [-0.3, -0.25) is 14.5 Å². The maximum atomic E-state index is 13.7. The lowest BCUT2D eigenvalue weighted by atomic mass is 10.1. The third-order valence-corrected chi connectivity index (χ3v) is 3.65. The Bertz CT molecular complexity index is 701. The molecule has 0 saturated carbocycles. The first-order chi connectivity index (χ1) is 9.13. The molecule has 0 radical (unpaired) electrons. The highest BCUT2D eigenvalue weighted by atomic mass is 32.2. The highest BCUT2D eigenvalue weighted by Crippen LogP contribution is 2.33. The lowest BCUT2D eigenvalue weighted by Crippen LogP contribution is -2.22. The summed E-state index contributed by atoms with van der Waals surface area (Å²) in [5.41, 5.74) is -0.837. The van der Waals surface area contributed by atoms with Crippen LogP contribution < -0.4 is 4.90 Å². The van der Waals surface area contributed by atoms with E-state index >= 15 is 0 Å². The van der Waals surface area contributed by atoms with Gasteiger partial charge in [0, 0.05) is 12.3 Å². The Labute approximate surface area is 109 Å². The second-order valence-corrected chi connectivity index (χ2v) is 4.91. The number of fused-ring (bicyclic) bond motifs is 1. The molecule has 8 heteroatoms. The number of carbonyl (C=O) groups is 2. The maximum Gasteiger partial charge on any atom is 0.287 e. The Morgan fingerprint density at radius 3 is 2.84 bits per heavy atom. The highest BCUT2D eigenvalue weighted by Gasteiger charge is 2.29. The molecule has 2 heterocycles. The molecule has 98 valence electrons. The molecule has 0 spiro atoms. The first kappa shape index (κ1) is 12.1. The van der Waals surface area contributed by atoms with Gasteiger partial charge >= 0.3 is 0 Å². The van der Waals surface area contributed by atoms with Crippen LogP contribution in [0.1, 0.15) is 10.4 Å². The van der Waals surface area contributed by atoms with Gasteiger partial charge in [0.05, 0.1) is 10.9 Å². The zero-order valence-electron chi connectivity index (χ0n) is 9.35. The number of aldehydes is 1. The molecule has 0 atom stereocenters. The number of halogens is 2. The van der Waals surface area contributed by atoms with Crippen LogP contribution in [0.2, 0.25) is 0 Å². The molecule has 0 bridgehead atoms. The Morgan fingerprint density at radius 2 is 2.21 bits per heavy atom. The smallest absolute Gasteiger partial charge is 0.287 e. The summed E-state index contributed by atoms with van der Waals surface area (Å²) in [5.74, 6) is -1.88. The van der Waals surface area contributed by atoms with Crippen LogP contribution in [0.5, 0.6) is 0 Å². The van der Waals surface area contributed by atoms with Gasteiger partial charge in [-0.05, 0) is 6.07 Å². The van der Waals surface area contributed by atoms with Crippen molar-refractivity contribution in [2.45, 2.75) is 0 Å². The van der Waals surface area contributed by atoms with E-state index in [-0.39, 0.29) is 22.7 Å². The molecule has 0 N–H and O–H groups in total. The molecule has 1 aromatic heterocycles. The first-order valence-electron chi connectivity index (χ1n) is 5.30. The second kappa shape index (κ2) is 4.30. The van der Waals surface area contributed by atoms with E-state index < -0.39 is 22.8 Å². The van der Waals surface area contributed by atoms with Crippen molar-refractivity contribution in [3.05, 3.63) is 23.3 Å². The van der Waals surface area contributed by atoms with Crippen LogP contribution in [0.3, 0.4) is 0 Å². The lowest BCUT2D eigenvalue weighted by Gasteiger charge is -2.10. The SMILES string of the molecule is O=Cc1cc2c(N3CCSC3=O)noc2c(F)c1F. The van der Waals surface area contributed by atoms with Crippen molar-refractivity contribution in [3.8, 4) is 0 Å². The van der Waals surface area contributed by atoms with Crippen LogP contribution >= 0.6 is 11.8 Å². The van der Waals surface area contributed by atoms with Crippen molar-refractivity contribution >= 4 is 40.1 Å². The summed E-state index contributed by atoms with van der Waals surface area (Å²) in [6.07, 6.45) is 0.204. The summed E-state index contributed by atoms with van der Waals surface area (Å²) >= 11 is 1.10. The summed E-state index contributed by atoms with van der Waals surface area (Å²) in [7, 11) is 0. The molecule has 1 fully saturated rings. The highest BCUT2D eigenvalue weighted by molar-refractivity contribution is 8.14. The fourth-order valence-corrected chi connectivity index (χ4v) is 2.67. The average Bonchev–Trinajstić information content (AvgIpc) is 2.99. The molecule has 0 unspecified atom stereocenters. The van der Waals surface area contributed by atoms with Crippen LogP contribution in [-0.2, 0) is 0 Å². The minimum absolute atomic E-state index is 0.104. The van der Waals surface area contributed by atoms with Gasteiger partial charge in [-0.1, -0.05) is 16.9 Å². The van der Waals surface area contributed by atoms with Crippen molar-refractivity contribution in [3.63, 3.8) is 0 Å². The summed E-state index contributed by atoms with van der Waals surface area (Å²) in [4.78, 5) is 23.6. The molecule has 1 aromatic carbocycles. The van der Waals surface area contributed by atoms with Crippen molar-refractivity contribution in [1.82, 2.24) is 5.16 Å². The number of amides is 1. The molecule has 1 aliphatic rings. The van der Waals surface area contributed by atoms with Gasteiger partial charge in [0.15, 0.2) is 17.9 Å². The number of rotatable bonds is 2. The van der Waals surface area contributed by atoms with E-state index in [0.29, 0.717) is 12.3 Å². The van der Waals surface area contributed by atoms with Crippen LogP contribution in [0, 0.1) is 11.6 Å². The molecule has 3 rings (SSSR count). The fourth-order valence-electron chi connectivity index (χ4n) is 1.89. The molecule has 0 aliphatic carbocycles. The quantitative estimate of drug-likeness (QED) is 0.793. The summed E-state index contributed by atoms with van der Waals surface area (Å²) in [5, 5.41) is 3.46. The Morgan fingerprint density at radius 1 is 1.42 bits per heavy atom. The van der Waals surface area contributed by atoms with Crippen LogP contribution in [0.4, 0.5) is 19.4 Å². The van der Waals surface area contributed by atoms with Gasteiger partial charge in [0.2, 0.25) is 11.4 Å². The maximum absolute atomic E-state index is 13.7. The van der Waals surface area contributed by atoms with E-state index in [0.717, 1.165) is 17.8 Å². The van der Waals surface area contributed by atoms with Gasteiger partial charge in [0.25, 0.3) is 5.24 Å². The normalized spacial score (nSPS) is 15.5. The summed E-state index contributed by atoms with van der Waals surface area (Å²) in [6.45, 7) is 0.403. The standard InChI is InChI=1S/C11H6F2N2O3S/c12-7-5(4-16)3-6-9(8(7)13)18-14-10(6)15-1-2-19-11(15)17/h3-4H,1-2H2. The topological polar surface area (TPSA) is 63.4 Å². The Kier molecular flexibility index (Phi) is 2.74. The van der Waals surface area contributed by atoms with Crippen molar-refractivity contribution in [2.75, 3.05) is 17.2 Å². The minimum Gasteiger partial charge on any atom is -0.351 e. The van der Waals surface area contributed by atoms with E-state index in [9.17, 15) is 18.4 Å². The number of anilines is 1. The summed E-state index contributed by atoms with van der Waals surface area (Å²) < 4.78 is 31.8. The van der Waals surface area contributed by atoms with Crippen LogP contribution in [0.15, 0.2) is 10.6 Å². The fraction of sp³-hybridized carbons (Fsp3) is 0.182. The van der Waals surface area contributed by atoms with E-state index in [2.05, 4.69) is 5.16 Å². The average molecular weight is 284 g/mol. The number of hydrogen-bond acceptors (Lipinski definition) is 5. The third-order valence-electron chi connectivity index (χ3n) is 2.80. The minimum atomic E-state index is -1.28. The Hall–Kier alpha value is -1.96. The molecule has 1 amide bonds. The predicted molar refractivity (Wildman–Crippen MR) is 64.5 cm³/mol. The monoisotopic (exact) mass is 284 g/mol. The van der Waals surface area contributed by atoms with Gasteiger partial charge < -0.3 is 4.52 Å². The number of aromatic nitrogens is 1. The second-order valence-electron chi connectivity index (χ2n) is 3.86. The number of carbonyl (C=O) groups excluding carboxylic acids is 2.